The fourth-order valence-corrected chi connectivity index (χ4v) is 6.15. The predicted octanol–water partition coefficient (Wildman–Crippen LogP) is 3.27. The molecule has 27 heavy (non-hydrogen) atoms. The van der Waals surface area contributed by atoms with E-state index >= 15 is 0 Å². The standard InChI is InChI=1S/C20H25N3O4/c1-12-16(3-2-4-17(12)23(26)27)19(25)22-21-18(24)11-20-8-13-5-14(9-20)7-15(6-13)10-20/h2-4,13-15H,5-11H2,1H3,(H,21,24)(H,22,25). The van der Waals surface area contributed by atoms with Crippen LogP contribution in [0.4, 0.5) is 5.69 Å². The zero-order valence-electron chi connectivity index (χ0n) is 15.5. The quantitative estimate of drug-likeness (QED) is 0.626. The molecule has 0 radical (unpaired) electrons. The van der Waals surface area contributed by atoms with Crippen LogP contribution in [0.15, 0.2) is 18.2 Å². The zero-order valence-corrected chi connectivity index (χ0v) is 15.5. The molecular formula is C20H25N3O4. The van der Waals surface area contributed by atoms with E-state index in [1.165, 1.54) is 44.4 Å². The number of hydrogen-bond acceptors (Lipinski definition) is 4. The van der Waals surface area contributed by atoms with Gasteiger partial charge < -0.3 is 0 Å². The highest BCUT2D eigenvalue weighted by Crippen LogP contribution is 2.61. The summed E-state index contributed by atoms with van der Waals surface area (Å²) < 4.78 is 0. The van der Waals surface area contributed by atoms with Crippen LogP contribution >= 0.6 is 0 Å². The molecule has 4 aliphatic rings. The molecule has 1 aromatic carbocycles. The third-order valence-corrected chi connectivity index (χ3v) is 6.76. The Kier molecular flexibility index (Phi) is 4.40. The van der Waals surface area contributed by atoms with Crippen molar-refractivity contribution in [3.8, 4) is 0 Å². The number of carbonyl (C=O) groups excluding carboxylic acids is 2. The Hall–Kier alpha value is -2.44. The second-order valence-corrected chi connectivity index (χ2v) is 8.80. The van der Waals surface area contributed by atoms with E-state index in [0.29, 0.717) is 6.42 Å². The topological polar surface area (TPSA) is 101 Å². The third kappa shape index (κ3) is 3.42. The Balaban J connectivity index is 1.37. The van der Waals surface area contributed by atoms with Gasteiger partial charge in [0.15, 0.2) is 0 Å². The Morgan fingerprint density at radius 2 is 1.70 bits per heavy atom. The lowest BCUT2D eigenvalue weighted by atomic mass is 9.49. The summed E-state index contributed by atoms with van der Waals surface area (Å²) in [4.78, 5) is 35.4. The van der Waals surface area contributed by atoms with Crippen LogP contribution in [0.2, 0.25) is 0 Å². The van der Waals surface area contributed by atoms with Crippen molar-refractivity contribution in [2.24, 2.45) is 23.2 Å². The molecular weight excluding hydrogens is 346 g/mol. The lowest BCUT2D eigenvalue weighted by Crippen LogP contribution is -2.50. The van der Waals surface area contributed by atoms with Gasteiger partial charge in [0.2, 0.25) is 5.91 Å². The van der Waals surface area contributed by atoms with Crippen LogP contribution in [-0.2, 0) is 4.79 Å². The van der Waals surface area contributed by atoms with Crippen LogP contribution in [0, 0.1) is 40.2 Å². The number of benzene rings is 1. The number of hydrazine groups is 1. The molecule has 0 spiro atoms. The van der Waals surface area contributed by atoms with Gasteiger partial charge in [-0.15, -0.1) is 0 Å². The minimum absolute atomic E-state index is 0.102. The summed E-state index contributed by atoms with van der Waals surface area (Å²) in [6, 6.07) is 4.35. The monoisotopic (exact) mass is 371 g/mol. The molecule has 0 heterocycles. The fraction of sp³-hybridized carbons (Fsp3) is 0.600. The summed E-state index contributed by atoms with van der Waals surface area (Å²) in [5.74, 6) is 1.60. The van der Waals surface area contributed by atoms with E-state index in [2.05, 4.69) is 10.9 Å². The molecule has 4 aliphatic carbocycles. The lowest BCUT2D eigenvalue weighted by molar-refractivity contribution is -0.385. The first-order chi connectivity index (χ1) is 12.8. The minimum atomic E-state index is -0.532. The lowest BCUT2D eigenvalue weighted by Gasteiger charge is -2.56. The fourth-order valence-electron chi connectivity index (χ4n) is 6.15. The first-order valence-electron chi connectivity index (χ1n) is 9.68. The Labute approximate surface area is 158 Å². The van der Waals surface area contributed by atoms with Crippen molar-refractivity contribution in [3.05, 3.63) is 39.4 Å². The maximum atomic E-state index is 12.5. The summed E-state index contributed by atoms with van der Waals surface area (Å²) in [6.07, 6.45) is 7.81. The number of nitrogens with zero attached hydrogens (tertiary/aromatic N) is 1. The Bertz CT molecular complexity index is 769. The second-order valence-electron chi connectivity index (χ2n) is 8.80. The predicted molar refractivity (Wildman–Crippen MR) is 98.7 cm³/mol. The largest absolute Gasteiger partial charge is 0.273 e. The van der Waals surface area contributed by atoms with Gasteiger partial charge in [-0.1, -0.05) is 6.07 Å². The van der Waals surface area contributed by atoms with Crippen molar-refractivity contribution < 1.29 is 14.5 Å². The molecule has 5 rings (SSSR count). The molecule has 0 saturated heterocycles. The van der Waals surface area contributed by atoms with E-state index in [4.69, 9.17) is 0 Å². The van der Waals surface area contributed by atoms with E-state index in [0.717, 1.165) is 37.0 Å². The Morgan fingerprint density at radius 3 is 2.26 bits per heavy atom. The van der Waals surface area contributed by atoms with Gasteiger partial charge in [-0.05, 0) is 74.7 Å². The Morgan fingerprint density at radius 1 is 1.11 bits per heavy atom. The highest BCUT2D eigenvalue weighted by Gasteiger charge is 2.51. The van der Waals surface area contributed by atoms with E-state index in [9.17, 15) is 19.7 Å². The van der Waals surface area contributed by atoms with Gasteiger partial charge in [0.05, 0.1) is 10.5 Å². The molecule has 0 aliphatic heterocycles. The molecule has 1 aromatic rings. The van der Waals surface area contributed by atoms with Gasteiger partial charge in [0.25, 0.3) is 11.6 Å². The molecule has 2 amide bonds. The zero-order chi connectivity index (χ0) is 19.2. The highest BCUT2D eigenvalue weighted by molar-refractivity contribution is 5.97. The maximum absolute atomic E-state index is 12.5. The number of amides is 2. The van der Waals surface area contributed by atoms with Crippen LogP contribution in [0.25, 0.3) is 0 Å². The number of carbonyl (C=O) groups is 2. The summed E-state index contributed by atoms with van der Waals surface area (Å²) in [5.41, 5.74) is 5.43. The first-order valence-corrected chi connectivity index (χ1v) is 9.68. The molecule has 0 unspecified atom stereocenters. The van der Waals surface area contributed by atoms with Crippen LogP contribution in [0.5, 0.6) is 0 Å². The highest BCUT2D eigenvalue weighted by atomic mass is 16.6. The van der Waals surface area contributed by atoms with Gasteiger partial charge in [0, 0.05) is 18.1 Å². The average molecular weight is 371 g/mol. The smallest absolute Gasteiger partial charge is 0.273 e. The van der Waals surface area contributed by atoms with Gasteiger partial charge in [0.1, 0.15) is 0 Å². The van der Waals surface area contributed by atoms with E-state index < -0.39 is 10.8 Å². The SMILES string of the molecule is Cc1c(C(=O)NNC(=O)CC23CC4CC(CC(C4)C2)C3)cccc1[N+](=O)[O-]. The average Bonchev–Trinajstić information content (AvgIpc) is 2.58. The number of rotatable bonds is 4. The summed E-state index contributed by atoms with van der Waals surface area (Å²) in [6.45, 7) is 1.53. The van der Waals surface area contributed by atoms with Crippen molar-refractivity contribution in [1.82, 2.24) is 10.9 Å². The van der Waals surface area contributed by atoms with Gasteiger partial charge >= 0.3 is 0 Å². The van der Waals surface area contributed by atoms with Crippen LogP contribution in [0.3, 0.4) is 0 Å². The van der Waals surface area contributed by atoms with E-state index in [-0.39, 0.29) is 28.1 Å². The van der Waals surface area contributed by atoms with E-state index in [1.807, 2.05) is 0 Å². The minimum Gasteiger partial charge on any atom is -0.273 e. The second kappa shape index (κ2) is 6.62. The van der Waals surface area contributed by atoms with E-state index in [1.54, 1.807) is 0 Å². The number of nitrogens with one attached hydrogen (secondary N) is 2. The molecule has 4 fully saturated rings. The maximum Gasteiger partial charge on any atom is 0.273 e. The molecule has 2 N–H and O–H groups in total. The van der Waals surface area contributed by atoms with Gasteiger partial charge in [-0.25, -0.2) is 0 Å². The molecule has 4 saturated carbocycles. The number of nitro benzene ring substituents is 1. The molecule has 0 atom stereocenters. The van der Waals surface area contributed by atoms with Crippen LogP contribution in [0.1, 0.15) is 60.9 Å². The van der Waals surface area contributed by atoms with Crippen molar-refractivity contribution in [2.75, 3.05) is 0 Å². The number of nitro groups is 1. The summed E-state index contributed by atoms with van der Waals surface area (Å²) in [5, 5.41) is 11.0. The molecule has 144 valence electrons. The van der Waals surface area contributed by atoms with Crippen molar-refractivity contribution >= 4 is 17.5 Å². The van der Waals surface area contributed by atoms with Crippen molar-refractivity contribution in [3.63, 3.8) is 0 Å². The van der Waals surface area contributed by atoms with Crippen molar-refractivity contribution in [2.45, 2.75) is 51.9 Å². The van der Waals surface area contributed by atoms with Crippen molar-refractivity contribution in [1.29, 1.82) is 0 Å². The molecule has 7 heteroatoms. The molecule has 0 aromatic heterocycles. The molecule has 4 bridgehead atoms. The first kappa shape index (κ1) is 17.9. The normalized spacial score (nSPS) is 30.8. The number of hydrogen-bond donors (Lipinski definition) is 2. The third-order valence-electron chi connectivity index (χ3n) is 6.76. The molecule has 7 nitrogen and oxygen atoms in total. The summed E-state index contributed by atoms with van der Waals surface area (Å²) >= 11 is 0. The summed E-state index contributed by atoms with van der Waals surface area (Å²) in [7, 11) is 0. The van der Waals surface area contributed by atoms with Gasteiger partial charge in [-0.3, -0.25) is 30.6 Å². The van der Waals surface area contributed by atoms with Crippen LogP contribution < -0.4 is 10.9 Å². The van der Waals surface area contributed by atoms with Gasteiger partial charge in [-0.2, -0.15) is 0 Å². The van der Waals surface area contributed by atoms with Crippen LogP contribution in [-0.4, -0.2) is 16.7 Å².